The number of nitrogens with zero attached hydrogens (tertiary/aromatic N) is 2. The Bertz CT molecular complexity index is 292. The fourth-order valence-corrected chi connectivity index (χ4v) is 3.10. The van der Waals surface area contributed by atoms with Crippen LogP contribution in [0.25, 0.3) is 0 Å². The minimum atomic E-state index is -3.24. The first kappa shape index (κ1) is 12.9. The normalized spacial score (nSPS) is 25.7. The van der Waals surface area contributed by atoms with Crippen LogP contribution in [-0.2, 0) is 10.0 Å². The van der Waals surface area contributed by atoms with Gasteiger partial charge in [-0.2, -0.15) is 4.31 Å². The first-order valence-corrected chi connectivity index (χ1v) is 6.91. The van der Waals surface area contributed by atoms with Gasteiger partial charge in [0, 0.05) is 25.7 Å². The molecule has 0 aliphatic carbocycles. The summed E-state index contributed by atoms with van der Waals surface area (Å²) in [4.78, 5) is 2.19. The zero-order chi connectivity index (χ0) is 11.5. The Balaban J connectivity index is 2.66. The molecule has 0 radical (unpaired) electrons. The van der Waals surface area contributed by atoms with Gasteiger partial charge in [-0.25, -0.2) is 8.42 Å². The number of sulfonamides is 1. The van der Waals surface area contributed by atoms with Crippen LogP contribution in [0.2, 0.25) is 0 Å². The first-order chi connectivity index (χ1) is 7.01. The average molecular weight is 236 g/mol. The first-order valence-electron chi connectivity index (χ1n) is 5.30. The van der Waals surface area contributed by atoms with Crippen LogP contribution in [0.4, 0.5) is 0 Å². The number of aliphatic hydroxyl groups is 1. The lowest BCUT2D eigenvalue weighted by Crippen LogP contribution is -2.53. The minimum absolute atomic E-state index is 0.160. The van der Waals surface area contributed by atoms with Crippen molar-refractivity contribution in [3.63, 3.8) is 0 Å². The van der Waals surface area contributed by atoms with Crippen LogP contribution in [0.1, 0.15) is 13.3 Å². The number of rotatable bonds is 4. The Morgan fingerprint density at radius 2 is 2.07 bits per heavy atom. The van der Waals surface area contributed by atoms with E-state index in [9.17, 15) is 8.42 Å². The quantitative estimate of drug-likeness (QED) is 0.703. The maximum absolute atomic E-state index is 11.7. The third-order valence-corrected chi connectivity index (χ3v) is 4.77. The van der Waals surface area contributed by atoms with Crippen LogP contribution in [-0.4, -0.2) is 67.8 Å². The lowest BCUT2D eigenvalue weighted by molar-refractivity contribution is 0.143. The number of hydrogen-bond acceptors (Lipinski definition) is 4. The third-order valence-electron chi connectivity index (χ3n) is 2.95. The molecule has 1 fully saturated rings. The van der Waals surface area contributed by atoms with Gasteiger partial charge in [-0.05, 0) is 13.5 Å². The van der Waals surface area contributed by atoms with E-state index in [0.29, 0.717) is 19.1 Å². The molecular weight excluding hydrogens is 216 g/mol. The summed E-state index contributed by atoms with van der Waals surface area (Å²) in [5.41, 5.74) is 0. The van der Waals surface area contributed by atoms with Gasteiger partial charge in [0.05, 0.1) is 12.4 Å². The number of aliphatic hydroxyl groups excluding tert-OH is 1. The van der Waals surface area contributed by atoms with Crippen molar-refractivity contribution >= 4 is 10.0 Å². The predicted molar refractivity (Wildman–Crippen MR) is 59.2 cm³/mol. The molecule has 15 heavy (non-hydrogen) atoms. The van der Waals surface area contributed by atoms with E-state index in [1.807, 2.05) is 7.05 Å². The van der Waals surface area contributed by atoms with Gasteiger partial charge in [0.25, 0.3) is 0 Å². The van der Waals surface area contributed by atoms with Crippen LogP contribution in [0.5, 0.6) is 0 Å². The second kappa shape index (κ2) is 5.25. The van der Waals surface area contributed by atoms with Crippen molar-refractivity contribution in [2.24, 2.45) is 0 Å². The minimum Gasteiger partial charge on any atom is -0.395 e. The van der Waals surface area contributed by atoms with Crippen molar-refractivity contribution in [2.45, 2.75) is 19.4 Å². The third kappa shape index (κ3) is 3.14. The molecule has 1 aliphatic heterocycles. The number of hydrogen-bond donors (Lipinski definition) is 1. The van der Waals surface area contributed by atoms with E-state index in [-0.39, 0.29) is 12.4 Å². The predicted octanol–water partition coefficient (Wildman–Crippen LogP) is -0.665. The molecular formula is C9H20N2O3S. The van der Waals surface area contributed by atoms with Gasteiger partial charge in [0.1, 0.15) is 0 Å². The highest BCUT2D eigenvalue weighted by Crippen LogP contribution is 2.14. The molecule has 1 N–H and O–H groups in total. The van der Waals surface area contributed by atoms with Crippen LogP contribution in [0.3, 0.4) is 0 Å². The highest BCUT2D eigenvalue weighted by atomic mass is 32.2. The van der Waals surface area contributed by atoms with Crippen molar-refractivity contribution < 1.29 is 13.5 Å². The molecule has 0 aromatic carbocycles. The summed E-state index contributed by atoms with van der Waals surface area (Å²) in [5, 5.41) is 8.69. The highest BCUT2D eigenvalue weighted by molar-refractivity contribution is 7.89. The Hall–Kier alpha value is -0.170. The molecule has 6 heteroatoms. The monoisotopic (exact) mass is 236 g/mol. The second-order valence-electron chi connectivity index (χ2n) is 3.94. The fraction of sp³-hybridized carbons (Fsp3) is 1.00. The summed E-state index contributed by atoms with van der Waals surface area (Å²) in [6, 6.07) is 0.298. The molecule has 1 saturated heterocycles. The van der Waals surface area contributed by atoms with E-state index >= 15 is 0 Å². The summed E-state index contributed by atoms with van der Waals surface area (Å²) < 4.78 is 24.9. The Morgan fingerprint density at radius 1 is 1.40 bits per heavy atom. The molecule has 90 valence electrons. The molecule has 1 rings (SSSR count). The molecule has 1 aliphatic rings. The van der Waals surface area contributed by atoms with E-state index < -0.39 is 10.0 Å². The maximum atomic E-state index is 11.7. The second-order valence-corrected chi connectivity index (χ2v) is 6.03. The van der Waals surface area contributed by atoms with E-state index in [4.69, 9.17) is 5.11 Å². The summed E-state index contributed by atoms with van der Waals surface area (Å²) in [6.07, 6.45) is 0.946. The topological polar surface area (TPSA) is 60.9 Å². The average Bonchev–Trinajstić information content (AvgIpc) is 2.18. The standard InChI is InChI=1S/C9H20N2O3S/c1-3-9-8-11(5-4-10(9)2)15(13,14)7-6-12/h9,12H,3-8H2,1-2H3. The molecule has 0 amide bonds. The Morgan fingerprint density at radius 3 is 2.60 bits per heavy atom. The van der Waals surface area contributed by atoms with Crippen molar-refractivity contribution in [3.8, 4) is 0 Å². The molecule has 0 spiro atoms. The fourth-order valence-electron chi connectivity index (χ4n) is 1.86. The van der Waals surface area contributed by atoms with Gasteiger partial charge in [0.2, 0.25) is 10.0 Å². The van der Waals surface area contributed by atoms with Crippen LogP contribution >= 0.6 is 0 Å². The van der Waals surface area contributed by atoms with Gasteiger partial charge >= 0.3 is 0 Å². The van der Waals surface area contributed by atoms with Gasteiger partial charge < -0.3 is 10.0 Å². The number of piperazine rings is 1. The maximum Gasteiger partial charge on any atom is 0.216 e. The molecule has 0 bridgehead atoms. The van der Waals surface area contributed by atoms with Crippen LogP contribution < -0.4 is 0 Å². The lowest BCUT2D eigenvalue weighted by atomic mass is 10.1. The van der Waals surface area contributed by atoms with Crippen molar-refractivity contribution in [3.05, 3.63) is 0 Å². The number of likely N-dealkylation sites (N-methyl/N-ethyl adjacent to an activating group) is 1. The zero-order valence-corrected chi connectivity index (χ0v) is 10.2. The molecule has 1 heterocycles. The smallest absolute Gasteiger partial charge is 0.216 e. The Kier molecular flexibility index (Phi) is 4.51. The molecule has 1 atom stereocenters. The summed E-state index contributed by atoms with van der Waals surface area (Å²) >= 11 is 0. The SMILES string of the molecule is CCC1CN(S(=O)(=O)CCO)CCN1C. The van der Waals surface area contributed by atoms with Gasteiger partial charge in [-0.15, -0.1) is 0 Å². The van der Waals surface area contributed by atoms with Crippen molar-refractivity contribution in [1.82, 2.24) is 9.21 Å². The summed E-state index contributed by atoms with van der Waals surface area (Å²) in [7, 11) is -1.23. The van der Waals surface area contributed by atoms with Crippen LogP contribution in [0, 0.1) is 0 Å². The Labute approximate surface area is 91.7 Å². The largest absolute Gasteiger partial charge is 0.395 e. The summed E-state index contributed by atoms with van der Waals surface area (Å²) in [6.45, 7) is 3.61. The van der Waals surface area contributed by atoms with Crippen molar-refractivity contribution in [1.29, 1.82) is 0 Å². The van der Waals surface area contributed by atoms with Gasteiger partial charge in [-0.1, -0.05) is 6.92 Å². The van der Waals surface area contributed by atoms with E-state index in [1.54, 1.807) is 0 Å². The van der Waals surface area contributed by atoms with Crippen molar-refractivity contribution in [2.75, 3.05) is 39.0 Å². The zero-order valence-electron chi connectivity index (χ0n) is 9.39. The molecule has 0 saturated carbocycles. The summed E-state index contributed by atoms with van der Waals surface area (Å²) in [5.74, 6) is -0.160. The molecule has 0 aromatic heterocycles. The van der Waals surface area contributed by atoms with Gasteiger partial charge in [0.15, 0.2) is 0 Å². The van der Waals surface area contributed by atoms with E-state index in [2.05, 4.69) is 11.8 Å². The molecule has 5 nitrogen and oxygen atoms in total. The van der Waals surface area contributed by atoms with Gasteiger partial charge in [-0.3, -0.25) is 0 Å². The highest BCUT2D eigenvalue weighted by Gasteiger charge is 2.30. The molecule has 1 unspecified atom stereocenters. The molecule has 0 aromatic rings. The van der Waals surface area contributed by atoms with E-state index in [1.165, 1.54) is 4.31 Å². The van der Waals surface area contributed by atoms with E-state index in [0.717, 1.165) is 13.0 Å². The lowest BCUT2D eigenvalue weighted by Gasteiger charge is -2.38. The van der Waals surface area contributed by atoms with Crippen LogP contribution in [0.15, 0.2) is 0 Å².